The average molecular weight is 369 g/mol. The Balaban J connectivity index is 1.64. The van der Waals surface area contributed by atoms with Crippen molar-refractivity contribution in [2.24, 2.45) is 0 Å². The molecule has 0 radical (unpaired) electrons. The molecular formula is C18H15N3O4S. The zero-order valence-corrected chi connectivity index (χ0v) is 14.5. The summed E-state index contributed by atoms with van der Waals surface area (Å²) in [4.78, 5) is 53.5. The third kappa shape index (κ3) is 2.33. The smallest absolute Gasteiger partial charge is 0.270 e. The van der Waals surface area contributed by atoms with E-state index in [0.29, 0.717) is 29.2 Å². The number of benzene rings is 1. The van der Waals surface area contributed by atoms with E-state index in [9.17, 15) is 19.2 Å². The second-order valence-corrected chi connectivity index (χ2v) is 7.14. The van der Waals surface area contributed by atoms with Gasteiger partial charge in [0.05, 0.1) is 16.0 Å². The molecule has 0 bridgehead atoms. The van der Waals surface area contributed by atoms with Crippen LogP contribution in [-0.4, -0.2) is 46.0 Å². The van der Waals surface area contributed by atoms with E-state index < -0.39 is 23.8 Å². The van der Waals surface area contributed by atoms with E-state index in [1.807, 2.05) is 0 Å². The van der Waals surface area contributed by atoms with E-state index in [-0.39, 0.29) is 22.7 Å². The summed E-state index contributed by atoms with van der Waals surface area (Å²) in [6.07, 6.45) is 1.05. The molecule has 0 spiro atoms. The number of nitrogen functional groups attached to an aromatic ring is 1. The molecule has 2 aromatic rings. The Morgan fingerprint density at radius 2 is 1.92 bits per heavy atom. The summed E-state index contributed by atoms with van der Waals surface area (Å²) in [7, 11) is 0. The number of hydrogen-bond acceptors (Lipinski definition) is 6. The number of thiophene rings is 1. The number of fused-ring (bicyclic) bond motifs is 1. The molecule has 2 aliphatic rings. The van der Waals surface area contributed by atoms with Crippen LogP contribution >= 0.6 is 11.3 Å². The van der Waals surface area contributed by atoms with Gasteiger partial charge >= 0.3 is 0 Å². The highest BCUT2D eigenvalue weighted by Gasteiger charge is 2.46. The number of likely N-dealkylation sites (tertiary alicyclic amines) is 1. The van der Waals surface area contributed by atoms with Crippen LogP contribution in [0.5, 0.6) is 0 Å². The van der Waals surface area contributed by atoms with E-state index >= 15 is 0 Å². The van der Waals surface area contributed by atoms with Crippen molar-refractivity contribution in [1.82, 2.24) is 9.80 Å². The highest BCUT2D eigenvalue weighted by molar-refractivity contribution is 7.12. The molecule has 1 saturated heterocycles. The second-order valence-electron chi connectivity index (χ2n) is 6.19. The summed E-state index contributed by atoms with van der Waals surface area (Å²) in [5.41, 5.74) is 6.15. The fraction of sp³-hybridized carbons (Fsp3) is 0.222. The lowest BCUT2D eigenvalue weighted by molar-refractivity contribution is -0.130. The number of anilines is 1. The lowest BCUT2D eigenvalue weighted by Gasteiger charge is -2.25. The SMILES string of the molecule is Nc1cccc2c1C(=O)N(C(=O)[C@H]1CCCN1C(=O)c1cccs1)C2=O. The molecule has 26 heavy (non-hydrogen) atoms. The Hall–Kier alpha value is -3.00. The quantitative estimate of drug-likeness (QED) is 0.642. The van der Waals surface area contributed by atoms with Crippen LogP contribution in [0.3, 0.4) is 0 Å². The van der Waals surface area contributed by atoms with Gasteiger partial charge in [-0.1, -0.05) is 12.1 Å². The van der Waals surface area contributed by atoms with Crippen LogP contribution < -0.4 is 5.73 Å². The van der Waals surface area contributed by atoms with Crippen LogP contribution in [0.25, 0.3) is 0 Å². The molecule has 0 unspecified atom stereocenters. The molecule has 2 aliphatic heterocycles. The van der Waals surface area contributed by atoms with Crippen molar-refractivity contribution >= 4 is 40.7 Å². The van der Waals surface area contributed by atoms with Gasteiger partial charge < -0.3 is 10.6 Å². The number of nitrogens with two attached hydrogens (primary N) is 1. The molecule has 2 N–H and O–H groups in total. The van der Waals surface area contributed by atoms with E-state index in [1.54, 1.807) is 23.6 Å². The number of hydrogen-bond donors (Lipinski definition) is 1. The van der Waals surface area contributed by atoms with Crippen LogP contribution in [0.1, 0.15) is 43.2 Å². The highest BCUT2D eigenvalue weighted by Crippen LogP contribution is 2.31. The van der Waals surface area contributed by atoms with E-state index in [4.69, 9.17) is 5.73 Å². The van der Waals surface area contributed by atoms with Gasteiger partial charge in [0.1, 0.15) is 6.04 Å². The number of imide groups is 3. The van der Waals surface area contributed by atoms with Crippen molar-refractivity contribution in [3.05, 3.63) is 51.7 Å². The van der Waals surface area contributed by atoms with E-state index in [1.165, 1.54) is 28.4 Å². The van der Waals surface area contributed by atoms with Gasteiger partial charge in [0.25, 0.3) is 23.6 Å². The maximum Gasteiger partial charge on any atom is 0.270 e. The molecule has 0 saturated carbocycles. The Kier molecular flexibility index (Phi) is 3.84. The molecule has 132 valence electrons. The van der Waals surface area contributed by atoms with Crippen LogP contribution in [0.15, 0.2) is 35.7 Å². The Labute approximate surface area is 153 Å². The molecule has 8 heteroatoms. The van der Waals surface area contributed by atoms with Crippen molar-refractivity contribution in [3.63, 3.8) is 0 Å². The van der Waals surface area contributed by atoms with Crippen molar-refractivity contribution in [2.75, 3.05) is 12.3 Å². The third-order valence-corrected chi connectivity index (χ3v) is 5.56. The monoisotopic (exact) mass is 369 g/mol. The molecule has 7 nitrogen and oxygen atoms in total. The first-order chi connectivity index (χ1) is 12.5. The molecule has 0 aliphatic carbocycles. The average Bonchev–Trinajstić information content (AvgIpc) is 3.35. The first-order valence-electron chi connectivity index (χ1n) is 8.16. The lowest BCUT2D eigenvalue weighted by Crippen LogP contribution is -2.49. The van der Waals surface area contributed by atoms with Crippen molar-refractivity contribution in [2.45, 2.75) is 18.9 Å². The normalized spacial score (nSPS) is 19.2. The van der Waals surface area contributed by atoms with Gasteiger partial charge in [-0.3, -0.25) is 19.2 Å². The molecule has 4 rings (SSSR count). The predicted molar refractivity (Wildman–Crippen MR) is 94.7 cm³/mol. The topological polar surface area (TPSA) is 101 Å². The van der Waals surface area contributed by atoms with E-state index in [0.717, 1.165) is 0 Å². The molecule has 1 fully saturated rings. The van der Waals surface area contributed by atoms with Gasteiger partial charge in [-0.15, -0.1) is 11.3 Å². The largest absolute Gasteiger partial charge is 0.398 e. The molecule has 1 aromatic heterocycles. The Morgan fingerprint density at radius 1 is 1.12 bits per heavy atom. The predicted octanol–water partition coefficient (Wildman–Crippen LogP) is 1.76. The Bertz CT molecular complexity index is 938. The molecule has 3 heterocycles. The minimum Gasteiger partial charge on any atom is -0.398 e. The van der Waals surface area contributed by atoms with Crippen molar-refractivity contribution in [1.29, 1.82) is 0 Å². The number of amides is 4. The summed E-state index contributed by atoms with van der Waals surface area (Å²) in [5.74, 6) is -2.33. The van der Waals surface area contributed by atoms with E-state index in [2.05, 4.69) is 0 Å². The first-order valence-corrected chi connectivity index (χ1v) is 9.04. The first kappa shape index (κ1) is 16.5. The lowest BCUT2D eigenvalue weighted by atomic mass is 10.1. The minimum absolute atomic E-state index is 0.0555. The number of nitrogens with zero attached hydrogens (tertiary/aromatic N) is 2. The fourth-order valence-electron chi connectivity index (χ4n) is 3.47. The van der Waals surface area contributed by atoms with Crippen LogP contribution in [0.2, 0.25) is 0 Å². The highest BCUT2D eigenvalue weighted by atomic mass is 32.1. The Morgan fingerprint density at radius 3 is 2.62 bits per heavy atom. The third-order valence-electron chi connectivity index (χ3n) is 4.70. The summed E-state index contributed by atoms with van der Waals surface area (Å²) >= 11 is 1.29. The standard InChI is InChI=1S/C18H15N3O4S/c19-11-5-1-4-10-14(11)18(25)21(15(10)22)16(23)12-6-2-8-20(12)17(24)13-7-3-9-26-13/h1,3-5,7,9,12H,2,6,8,19H2/t12-/m1/s1. The van der Waals surface area contributed by atoms with Crippen LogP contribution in [0.4, 0.5) is 5.69 Å². The molecule has 1 aromatic carbocycles. The van der Waals surface area contributed by atoms with Gasteiger partial charge in [0.2, 0.25) is 0 Å². The van der Waals surface area contributed by atoms with Gasteiger partial charge in [0.15, 0.2) is 0 Å². The van der Waals surface area contributed by atoms with Gasteiger partial charge in [-0.05, 0) is 36.4 Å². The molecule has 4 amide bonds. The summed E-state index contributed by atoms with van der Waals surface area (Å²) < 4.78 is 0. The van der Waals surface area contributed by atoms with Crippen LogP contribution in [0, 0.1) is 0 Å². The zero-order chi connectivity index (χ0) is 18.4. The summed E-state index contributed by atoms with van der Waals surface area (Å²) in [6, 6.07) is 7.18. The zero-order valence-electron chi connectivity index (χ0n) is 13.7. The maximum absolute atomic E-state index is 13.0. The fourth-order valence-corrected chi connectivity index (χ4v) is 4.15. The summed E-state index contributed by atoms with van der Waals surface area (Å²) in [6.45, 7) is 0.415. The number of carbonyl (C=O) groups is 4. The maximum atomic E-state index is 13.0. The van der Waals surface area contributed by atoms with Gasteiger partial charge in [-0.25, -0.2) is 4.90 Å². The van der Waals surface area contributed by atoms with Crippen molar-refractivity contribution < 1.29 is 19.2 Å². The number of rotatable bonds is 2. The molecule has 1 atom stereocenters. The van der Waals surface area contributed by atoms with Crippen LogP contribution in [-0.2, 0) is 4.79 Å². The number of carbonyl (C=O) groups excluding carboxylic acids is 4. The molecular weight excluding hydrogens is 354 g/mol. The summed E-state index contributed by atoms with van der Waals surface area (Å²) in [5, 5.41) is 1.78. The minimum atomic E-state index is -0.826. The van der Waals surface area contributed by atoms with Gasteiger partial charge in [0, 0.05) is 12.2 Å². The second kappa shape index (κ2) is 6.06. The van der Waals surface area contributed by atoms with Gasteiger partial charge in [-0.2, -0.15) is 0 Å². The van der Waals surface area contributed by atoms with Crippen molar-refractivity contribution in [3.8, 4) is 0 Å².